The van der Waals surface area contributed by atoms with Crippen molar-refractivity contribution in [1.82, 2.24) is 4.90 Å². The Morgan fingerprint density at radius 3 is 2.86 bits per heavy atom. The van der Waals surface area contributed by atoms with Crippen LogP contribution in [-0.2, 0) is 6.54 Å². The van der Waals surface area contributed by atoms with E-state index in [-0.39, 0.29) is 0 Å². The number of halogens is 1. The Bertz CT molecular complexity index is 447. The lowest BCUT2D eigenvalue weighted by Crippen LogP contribution is -2.10. The van der Waals surface area contributed by atoms with Crippen LogP contribution in [0.25, 0.3) is 11.0 Å². The van der Waals surface area contributed by atoms with Crippen LogP contribution in [-0.4, -0.2) is 19.0 Å². The molecule has 2 rings (SSSR count). The van der Waals surface area contributed by atoms with Crippen molar-refractivity contribution in [1.29, 1.82) is 0 Å². The Labute approximate surface area is 88.1 Å². The smallest absolute Gasteiger partial charge is 0.135 e. The average Bonchev–Trinajstić information content (AvgIpc) is 2.49. The summed E-state index contributed by atoms with van der Waals surface area (Å²) in [4.78, 5) is 2.09. The van der Waals surface area contributed by atoms with E-state index in [4.69, 9.17) is 16.0 Å². The summed E-state index contributed by atoms with van der Waals surface area (Å²) in [6.45, 7) is 0.844. The van der Waals surface area contributed by atoms with Gasteiger partial charge in [-0.2, -0.15) is 0 Å². The standard InChI is InChI=1S/C11H12ClNO/c1-13(2)6-8-7-14-10-5-3-4-9(12)11(8)10/h3-5,7H,6H2,1-2H3. The molecule has 0 aliphatic rings. The number of nitrogens with zero attached hydrogens (tertiary/aromatic N) is 1. The monoisotopic (exact) mass is 209 g/mol. The molecular formula is C11H12ClNO. The molecule has 2 nitrogen and oxygen atoms in total. The van der Waals surface area contributed by atoms with Gasteiger partial charge in [-0.3, -0.25) is 0 Å². The molecule has 0 aliphatic carbocycles. The zero-order valence-corrected chi connectivity index (χ0v) is 9.01. The molecule has 0 fully saturated rings. The highest BCUT2D eigenvalue weighted by molar-refractivity contribution is 6.35. The van der Waals surface area contributed by atoms with Gasteiger partial charge in [0.1, 0.15) is 5.58 Å². The quantitative estimate of drug-likeness (QED) is 0.756. The molecule has 0 unspecified atom stereocenters. The first kappa shape index (κ1) is 9.56. The van der Waals surface area contributed by atoms with Crippen LogP contribution >= 0.6 is 11.6 Å². The summed E-state index contributed by atoms with van der Waals surface area (Å²) in [5, 5.41) is 1.79. The Morgan fingerprint density at radius 2 is 2.14 bits per heavy atom. The molecule has 0 radical (unpaired) electrons. The average molecular weight is 210 g/mol. The van der Waals surface area contributed by atoms with Crippen LogP contribution < -0.4 is 0 Å². The number of benzene rings is 1. The minimum atomic E-state index is 0.758. The van der Waals surface area contributed by atoms with E-state index in [1.54, 1.807) is 6.26 Å². The summed E-state index contributed by atoms with van der Waals surface area (Å²) in [6.07, 6.45) is 1.77. The largest absolute Gasteiger partial charge is 0.464 e. The second kappa shape index (κ2) is 3.64. The summed E-state index contributed by atoms with van der Waals surface area (Å²) in [6, 6.07) is 5.71. The van der Waals surface area contributed by atoms with Gasteiger partial charge in [0, 0.05) is 17.5 Å². The molecule has 0 saturated carbocycles. The van der Waals surface area contributed by atoms with Crippen molar-refractivity contribution in [2.45, 2.75) is 6.54 Å². The Hall–Kier alpha value is -0.990. The van der Waals surface area contributed by atoms with E-state index in [9.17, 15) is 0 Å². The highest BCUT2D eigenvalue weighted by atomic mass is 35.5. The van der Waals surface area contributed by atoms with Crippen LogP contribution in [0.15, 0.2) is 28.9 Å². The van der Waals surface area contributed by atoms with Gasteiger partial charge in [-0.1, -0.05) is 17.7 Å². The Morgan fingerprint density at radius 1 is 1.36 bits per heavy atom. The highest BCUT2D eigenvalue weighted by Crippen LogP contribution is 2.28. The molecular weight excluding hydrogens is 198 g/mol. The van der Waals surface area contributed by atoms with Crippen LogP contribution in [0.2, 0.25) is 5.02 Å². The van der Waals surface area contributed by atoms with Crippen molar-refractivity contribution in [2.75, 3.05) is 14.1 Å². The fourth-order valence-corrected chi connectivity index (χ4v) is 1.85. The highest BCUT2D eigenvalue weighted by Gasteiger charge is 2.09. The maximum atomic E-state index is 6.11. The van der Waals surface area contributed by atoms with Crippen molar-refractivity contribution in [3.05, 3.63) is 35.0 Å². The van der Waals surface area contributed by atoms with Gasteiger partial charge < -0.3 is 9.32 Å². The van der Waals surface area contributed by atoms with Crippen LogP contribution in [0.3, 0.4) is 0 Å². The van der Waals surface area contributed by atoms with Gasteiger partial charge in [-0.05, 0) is 26.2 Å². The van der Waals surface area contributed by atoms with Crippen LogP contribution in [0.5, 0.6) is 0 Å². The van der Waals surface area contributed by atoms with E-state index >= 15 is 0 Å². The molecule has 0 saturated heterocycles. The van der Waals surface area contributed by atoms with E-state index in [2.05, 4.69) is 4.90 Å². The fourth-order valence-electron chi connectivity index (χ4n) is 1.56. The summed E-state index contributed by atoms with van der Waals surface area (Å²) in [5.74, 6) is 0. The van der Waals surface area contributed by atoms with Crippen molar-refractivity contribution in [3.8, 4) is 0 Å². The molecule has 0 atom stereocenters. The predicted molar refractivity (Wildman–Crippen MR) is 58.6 cm³/mol. The fraction of sp³-hybridized carbons (Fsp3) is 0.273. The minimum absolute atomic E-state index is 0.758. The molecule has 0 spiro atoms. The van der Waals surface area contributed by atoms with Crippen LogP contribution in [0.4, 0.5) is 0 Å². The zero-order valence-electron chi connectivity index (χ0n) is 8.25. The van der Waals surface area contributed by atoms with Gasteiger partial charge >= 0.3 is 0 Å². The lowest BCUT2D eigenvalue weighted by Gasteiger charge is -2.07. The maximum absolute atomic E-state index is 6.11. The predicted octanol–water partition coefficient (Wildman–Crippen LogP) is 3.15. The minimum Gasteiger partial charge on any atom is -0.464 e. The zero-order chi connectivity index (χ0) is 10.1. The number of hydrogen-bond acceptors (Lipinski definition) is 2. The molecule has 14 heavy (non-hydrogen) atoms. The molecule has 74 valence electrons. The number of furan rings is 1. The van der Waals surface area contributed by atoms with E-state index in [0.29, 0.717) is 0 Å². The second-order valence-corrected chi connectivity index (χ2v) is 4.02. The van der Waals surface area contributed by atoms with E-state index in [1.165, 1.54) is 0 Å². The first-order valence-electron chi connectivity index (χ1n) is 4.48. The first-order chi connectivity index (χ1) is 6.68. The molecule has 0 aliphatic heterocycles. The Balaban J connectivity index is 2.55. The topological polar surface area (TPSA) is 16.4 Å². The number of fused-ring (bicyclic) bond motifs is 1. The van der Waals surface area contributed by atoms with Gasteiger partial charge in [0.05, 0.1) is 11.3 Å². The SMILES string of the molecule is CN(C)Cc1coc2cccc(Cl)c12. The summed E-state index contributed by atoms with van der Waals surface area (Å²) in [7, 11) is 4.05. The maximum Gasteiger partial charge on any atom is 0.135 e. The Kier molecular flexibility index (Phi) is 2.48. The normalized spacial score (nSPS) is 11.4. The summed E-state index contributed by atoms with van der Waals surface area (Å²) < 4.78 is 5.42. The van der Waals surface area contributed by atoms with Crippen molar-refractivity contribution >= 4 is 22.6 Å². The van der Waals surface area contributed by atoms with Crippen LogP contribution in [0.1, 0.15) is 5.56 Å². The second-order valence-electron chi connectivity index (χ2n) is 3.61. The summed E-state index contributed by atoms with van der Waals surface area (Å²) >= 11 is 6.11. The van der Waals surface area contributed by atoms with Gasteiger partial charge in [0.25, 0.3) is 0 Å². The summed E-state index contributed by atoms with van der Waals surface area (Å²) in [5.41, 5.74) is 1.99. The third-order valence-corrected chi connectivity index (χ3v) is 2.43. The van der Waals surface area contributed by atoms with Crippen molar-refractivity contribution in [2.24, 2.45) is 0 Å². The number of hydrogen-bond donors (Lipinski definition) is 0. The molecule has 0 amide bonds. The third-order valence-electron chi connectivity index (χ3n) is 2.11. The van der Waals surface area contributed by atoms with Crippen molar-refractivity contribution < 1.29 is 4.42 Å². The lowest BCUT2D eigenvalue weighted by atomic mass is 10.2. The molecule has 1 aromatic heterocycles. The molecule has 1 aromatic carbocycles. The first-order valence-corrected chi connectivity index (χ1v) is 4.85. The molecule has 2 aromatic rings. The van der Waals surface area contributed by atoms with Crippen LogP contribution in [0, 0.1) is 0 Å². The molecule has 1 heterocycles. The third kappa shape index (κ3) is 1.63. The van der Waals surface area contributed by atoms with Gasteiger partial charge in [0.2, 0.25) is 0 Å². The van der Waals surface area contributed by atoms with E-state index < -0.39 is 0 Å². The van der Waals surface area contributed by atoms with E-state index in [1.807, 2.05) is 32.3 Å². The van der Waals surface area contributed by atoms with Gasteiger partial charge in [-0.15, -0.1) is 0 Å². The van der Waals surface area contributed by atoms with Crippen molar-refractivity contribution in [3.63, 3.8) is 0 Å². The van der Waals surface area contributed by atoms with Gasteiger partial charge in [-0.25, -0.2) is 0 Å². The molecule has 0 bridgehead atoms. The molecule has 0 N–H and O–H groups in total. The molecule has 3 heteroatoms. The lowest BCUT2D eigenvalue weighted by molar-refractivity contribution is 0.401. The van der Waals surface area contributed by atoms with E-state index in [0.717, 1.165) is 28.1 Å². The van der Waals surface area contributed by atoms with Gasteiger partial charge in [0.15, 0.2) is 0 Å². The number of rotatable bonds is 2.